The van der Waals surface area contributed by atoms with Gasteiger partial charge in [0.2, 0.25) is 0 Å². The molecule has 0 bridgehead atoms. The third-order valence-corrected chi connectivity index (χ3v) is 2.53. The minimum Gasteiger partial charge on any atom is -0.390 e. The molecule has 0 heterocycles. The van der Waals surface area contributed by atoms with Crippen molar-refractivity contribution in [1.82, 2.24) is 15.1 Å². The Morgan fingerprint density at radius 2 is 1.94 bits per heavy atom. The van der Waals surface area contributed by atoms with Gasteiger partial charge in [0, 0.05) is 26.7 Å². The SMILES string of the molecule is COCCNCC(O)CN(C)CCCN(C)C. The van der Waals surface area contributed by atoms with Gasteiger partial charge in [0.05, 0.1) is 12.7 Å². The molecule has 0 aromatic carbocycles. The number of rotatable bonds is 11. The summed E-state index contributed by atoms with van der Waals surface area (Å²) in [6, 6.07) is 0. The van der Waals surface area contributed by atoms with Gasteiger partial charge in [-0.15, -0.1) is 0 Å². The van der Waals surface area contributed by atoms with Crippen molar-refractivity contribution < 1.29 is 9.84 Å². The van der Waals surface area contributed by atoms with Crippen LogP contribution in [0.1, 0.15) is 6.42 Å². The molecule has 5 nitrogen and oxygen atoms in total. The molecule has 104 valence electrons. The third-order valence-electron chi connectivity index (χ3n) is 2.53. The average Bonchev–Trinajstić information content (AvgIpc) is 2.23. The highest BCUT2D eigenvalue weighted by Gasteiger charge is 2.07. The zero-order chi connectivity index (χ0) is 13.1. The molecule has 0 amide bonds. The van der Waals surface area contributed by atoms with Crippen LogP contribution in [0.3, 0.4) is 0 Å². The van der Waals surface area contributed by atoms with E-state index in [9.17, 15) is 5.11 Å². The summed E-state index contributed by atoms with van der Waals surface area (Å²) in [7, 11) is 7.88. The van der Waals surface area contributed by atoms with Gasteiger partial charge in [0.1, 0.15) is 0 Å². The third kappa shape index (κ3) is 12.1. The molecule has 1 unspecified atom stereocenters. The van der Waals surface area contributed by atoms with Gasteiger partial charge in [-0.2, -0.15) is 0 Å². The maximum Gasteiger partial charge on any atom is 0.0791 e. The number of hydrogen-bond donors (Lipinski definition) is 2. The van der Waals surface area contributed by atoms with Crippen molar-refractivity contribution in [3.05, 3.63) is 0 Å². The summed E-state index contributed by atoms with van der Waals surface area (Å²) in [5, 5.41) is 12.9. The molecule has 0 aromatic rings. The number of hydrogen-bond acceptors (Lipinski definition) is 5. The summed E-state index contributed by atoms with van der Waals surface area (Å²) in [6.45, 7) is 4.93. The second kappa shape index (κ2) is 10.9. The molecule has 0 aromatic heterocycles. The van der Waals surface area contributed by atoms with Gasteiger partial charge in [0.15, 0.2) is 0 Å². The van der Waals surface area contributed by atoms with E-state index in [0.717, 1.165) is 26.1 Å². The normalized spacial score (nSPS) is 13.6. The van der Waals surface area contributed by atoms with Gasteiger partial charge in [0.25, 0.3) is 0 Å². The van der Waals surface area contributed by atoms with E-state index in [4.69, 9.17) is 4.74 Å². The number of likely N-dealkylation sites (N-methyl/N-ethyl adjacent to an activating group) is 1. The van der Waals surface area contributed by atoms with Crippen molar-refractivity contribution in [3.8, 4) is 0 Å². The Morgan fingerprint density at radius 1 is 1.24 bits per heavy atom. The average molecular weight is 247 g/mol. The molecule has 0 saturated heterocycles. The van der Waals surface area contributed by atoms with Crippen LogP contribution in [0, 0.1) is 0 Å². The Balaban J connectivity index is 3.41. The number of nitrogens with one attached hydrogen (secondary N) is 1. The van der Waals surface area contributed by atoms with Crippen molar-refractivity contribution in [2.45, 2.75) is 12.5 Å². The van der Waals surface area contributed by atoms with Crippen LogP contribution in [-0.4, -0.2) is 88.6 Å². The van der Waals surface area contributed by atoms with Crippen LogP contribution < -0.4 is 5.32 Å². The lowest BCUT2D eigenvalue weighted by Crippen LogP contribution is -2.38. The summed E-state index contributed by atoms with van der Waals surface area (Å²) in [4.78, 5) is 4.35. The summed E-state index contributed by atoms with van der Waals surface area (Å²) < 4.78 is 4.92. The lowest BCUT2D eigenvalue weighted by Gasteiger charge is -2.21. The van der Waals surface area contributed by atoms with Crippen molar-refractivity contribution in [2.24, 2.45) is 0 Å². The first-order chi connectivity index (χ1) is 8.06. The van der Waals surface area contributed by atoms with Gasteiger partial charge >= 0.3 is 0 Å². The fraction of sp³-hybridized carbons (Fsp3) is 1.00. The summed E-state index contributed by atoms with van der Waals surface area (Å²) in [6.07, 6.45) is 0.823. The maximum absolute atomic E-state index is 9.77. The van der Waals surface area contributed by atoms with Gasteiger partial charge < -0.3 is 25.0 Å². The molecule has 0 rings (SSSR count). The molecular weight excluding hydrogens is 218 g/mol. The van der Waals surface area contributed by atoms with E-state index in [2.05, 4.69) is 29.2 Å². The standard InChI is InChI=1S/C12H29N3O2/c1-14(2)7-5-8-15(3)11-12(16)10-13-6-9-17-4/h12-13,16H,5-11H2,1-4H3. The van der Waals surface area contributed by atoms with Crippen LogP contribution in [0.15, 0.2) is 0 Å². The predicted molar refractivity (Wildman–Crippen MR) is 71.4 cm³/mol. The lowest BCUT2D eigenvalue weighted by molar-refractivity contribution is 0.118. The summed E-state index contributed by atoms with van der Waals surface area (Å²) >= 11 is 0. The van der Waals surface area contributed by atoms with Crippen molar-refractivity contribution >= 4 is 0 Å². The molecule has 5 heteroatoms. The summed E-state index contributed by atoms with van der Waals surface area (Å²) in [5.41, 5.74) is 0. The lowest BCUT2D eigenvalue weighted by atomic mass is 10.3. The number of aliphatic hydroxyl groups excluding tert-OH is 1. The van der Waals surface area contributed by atoms with E-state index < -0.39 is 0 Å². The second-order valence-electron chi connectivity index (χ2n) is 4.77. The highest BCUT2D eigenvalue weighted by atomic mass is 16.5. The Hall–Kier alpha value is -0.200. The first kappa shape index (κ1) is 16.8. The molecule has 1 atom stereocenters. The quantitative estimate of drug-likeness (QED) is 0.481. The van der Waals surface area contributed by atoms with Crippen LogP contribution in [0.5, 0.6) is 0 Å². The fourth-order valence-corrected chi connectivity index (χ4v) is 1.62. The Bertz CT molecular complexity index is 168. The number of ether oxygens (including phenoxy) is 1. The number of nitrogens with zero attached hydrogens (tertiary/aromatic N) is 2. The number of aliphatic hydroxyl groups is 1. The van der Waals surface area contributed by atoms with Crippen LogP contribution in [0.2, 0.25) is 0 Å². The van der Waals surface area contributed by atoms with E-state index in [1.165, 1.54) is 0 Å². The first-order valence-corrected chi connectivity index (χ1v) is 6.27. The Kier molecular flexibility index (Phi) is 10.8. The van der Waals surface area contributed by atoms with Crippen LogP contribution in [0.25, 0.3) is 0 Å². The molecule has 0 spiro atoms. The minimum atomic E-state index is -0.309. The van der Waals surface area contributed by atoms with Crippen LogP contribution in [0.4, 0.5) is 0 Å². The zero-order valence-corrected chi connectivity index (χ0v) is 11.8. The molecule has 0 aliphatic heterocycles. The van der Waals surface area contributed by atoms with Crippen LogP contribution in [-0.2, 0) is 4.74 Å². The fourth-order valence-electron chi connectivity index (χ4n) is 1.62. The molecule has 0 saturated carbocycles. The van der Waals surface area contributed by atoms with Gasteiger partial charge in [-0.3, -0.25) is 0 Å². The smallest absolute Gasteiger partial charge is 0.0791 e. The minimum absolute atomic E-state index is 0.309. The topological polar surface area (TPSA) is 48.0 Å². The molecule has 0 aliphatic carbocycles. The van der Waals surface area contributed by atoms with E-state index >= 15 is 0 Å². The second-order valence-corrected chi connectivity index (χ2v) is 4.77. The van der Waals surface area contributed by atoms with E-state index in [0.29, 0.717) is 19.7 Å². The van der Waals surface area contributed by atoms with Crippen molar-refractivity contribution in [3.63, 3.8) is 0 Å². The van der Waals surface area contributed by atoms with Gasteiger partial charge in [-0.1, -0.05) is 0 Å². The van der Waals surface area contributed by atoms with Crippen molar-refractivity contribution in [1.29, 1.82) is 0 Å². The summed E-state index contributed by atoms with van der Waals surface area (Å²) in [5.74, 6) is 0. The number of methoxy groups -OCH3 is 1. The van der Waals surface area contributed by atoms with Gasteiger partial charge in [-0.05, 0) is 40.7 Å². The van der Waals surface area contributed by atoms with Crippen molar-refractivity contribution in [2.75, 3.05) is 67.6 Å². The molecule has 0 fully saturated rings. The molecule has 2 N–H and O–H groups in total. The predicted octanol–water partition coefficient (Wildman–Crippen LogP) is -0.533. The highest BCUT2D eigenvalue weighted by Crippen LogP contribution is 1.92. The molecule has 17 heavy (non-hydrogen) atoms. The molecule has 0 radical (unpaired) electrons. The van der Waals surface area contributed by atoms with Crippen LogP contribution >= 0.6 is 0 Å². The molecule has 0 aliphatic rings. The monoisotopic (exact) mass is 247 g/mol. The van der Waals surface area contributed by atoms with E-state index in [1.54, 1.807) is 7.11 Å². The first-order valence-electron chi connectivity index (χ1n) is 6.27. The van der Waals surface area contributed by atoms with E-state index in [-0.39, 0.29) is 6.10 Å². The molecular formula is C12H29N3O2. The Labute approximate surface area is 106 Å². The highest BCUT2D eigenvalue weighted by molar-refractivity contribution is 4.64. The zero-order valence-electron chi connectivity index (χ0n) is 11.8. The Morgan fingerprint density at radius 3 is 2.53 bits per heavy atom. The van der Waals surface area contributed by atoms with E-state index in [1.807, 2.05) is 7.05 Å². The van der Waals surface area contributed by atoms with Gasteiger partial charge in [-0.25, -0.2) is 0 Å². The maximum atomic E-state index is 9.77. The largest absolute Gasteiger partial charge is 0.390 e.